The van der Waals surface area contributed by atoms with Crippen molar-refractivity contribution < 1.29 is 0 Å². The molecule has 0 saturated carbocycles. The van der Waals surface area contributed by atoms with Gasteiger partial charge < -0.3 is 4.98 Å². The van der Waals surface area contributed by atoms with Gasteiger partial charge in [0.05, 0.1) is 4.47 Å². The lowest BCUT2D eigenvalue weighted by Gasteiger charge is -2.03. The predicted molar refractivity (Wildman–Crippen MR) is 60.3 cm³/mol. The second-order valence-corrected chi connectivity index (χ2v) is 4.70. The number of H-pyrrole nitrogens is 1. The second kappa shape index (κ2) is 4.86. The van der Waals surface area contributed by atoms with Gasteiger partial charge in [0.15, 0.2) is 0 Å². The Labute approximate surface area is 91.9 Å². The van der Waals surface area contributed by atoms with Crippen LogP contribution in [0.5, 0.6) is 0 Å². The van der Waals surface area contributed by atoms with E-state index in [1.807, 2.05) is 0 Å². The predicted octanol–water partition coefficient (Wildman–Crippen LogP) is 3.49. The van der Waals surface area contributed by atoms with Crippen LogP contribution in [0.2, 0.25) is 0 Å². The van der Waals surface area contributed by atoms with Crippen molar-refractivity contribution in [2.45, 2.75) is 26.7 Å². The molecule has 0 aromatic carbocycles. The van der Waals surface area contributed by atoms with Crippen molar-refractivity contribution in [1.82, 2.24) is 9.97 Å². The van der Waals surface area contributed by atoms with E-state index in [4.69, 9.17) is 12.2 Å². The highest BCUT2D eigenvalue weighted by atomic mass is 79.9. The summed E-state index contributed by atoms with van der Waals surface area (Å²) in [5.74, 6) is 1.68. The van der Waals surface area contributed by atoms with Gasteiger partial charge in [-0.15, -0.1) is 0 Å². The molecule has 1 heterocycles. The van der Waals surface area contributed by atoms with Crippen LogP contribution >= 0.6 is 28.1 Å². The number of nitrogens with zero attached hydrogens (tertiary/aromatic N) is 1. The van der Waals surface area contributed by atoms with Gasteiger partial charge in [-0.1, -0.05) is 26.1 Å². The maximum atomic E-state index is 5.08. The van der Waals surface area contributed by atoms with E-state index in [9.17, 15) is 0 Å². The Morgan fingerprint density at radius 3 is 2.85 bits per heavy atom. The van der Waals surface area contributed by atoms with E-state index < -0.39 is 0 Å². The monoisotopic (exact) mass is 260 g/mol. The molecule has 0 saturated heterocycles. The van der Waals surface area contributed by atoms with Gasteiger partial charge in [-0.2, -0.15) is 0 Å². The summed E-state index contributed by atoms with van der Waals surface area (Å²) in [5.41, 5.74) is 0. The lowest BCUT2D eigenvalue weighted by Crippen LogP contribution is -1.98. The highest BCUT2D eigenvalue weighted by Gasteiger charge is 1.99. The molecule has 0 aliphatic rings. The van der Waals surface area contributed by atoms with Crippen LogP contribution in [0, 0.1) is 10.6 Å². The van der Waals surface area contributed by atoms with Crippen molar-refractivity contribution in [1.29, 1.82) is 0 Å². The van der Waals surface area contributed by atoms with E-state index in [0.29, 0.717) is 5.92 Å². The maximum absolute atomic E-state index is 5.08. The minimum Gasteiger partial charge on any atom is -0.334 e. The topological polar surface area (TPSA) is 28.7 Å². The molecule has 0 radical (unpaired) electrons. The molecule has 0 unspecified atom stereocenters. The summed E-state index contributed by atoms with van der Waals surface area (Å²) >= 11 is 8.39. The van der Waals surface area contributed by atoms with Crippen molar-refractivity contribution in [2.75, 3.05) is 0 Å². The van der Waals surface area contributed by atoms with E-state index >= 15 is 0 Å². The molecule has 0 bridgehead atoms. The molecule has 0 amide bonds. The normalized spacial score (nSPS) is 10.8. The molecule has 1 aromatic rings. The number of halogens is 1. The molecule has 1 aromatic heterocycles. The van der Waals surface area contributed by atoms with Gasteiger partial charge >= 0.3 is 0 Å². The molecular weight excluding hydrogens is 248 g/mol. The van der Waals surface area contributed by atoms with Gasteiger partial charge in [-0.05, 0) is 28.3 Å². The summed E-state index contributed by atoms with van der Waals surface area (Å²) in [7, 11) is 0. The lowest BCUT2D eigenvalue weighted by molar-refractivity contribution is 0.574. The number of aromatic amines is 1. The molecule has 0 fully saturated rings. The zero-order chi connectivity index (χ0) is 9.84. The fourth-order valence-electron chi connectivity index (χ4n) is 0.969. The average molecular weight is 261 g/mol. The van der Waals surface area contributed by atoms with Crippen LogP contribution in [0.25, 0.3) is 0 Å². The summed E-state index contributed by atoms with van der Waals surface area (Å²) in [6.45, 7) is 4.40. The zero-order valence-corrected chi connectivity index (χ0v) is 10.2. The van der Waals surface area contributed by atoms with Crippen molar-refractivity contribution in [3.8, 4) is 0 Å². The quantitative estimate of drug-likeness (QED) is 0.844. The summed E-state index contributed by atoms with van der Waals surface area (Å²) in [4.78, 5) is 7.33. The van der Waals surface area contributed by atoms with Gasteiger partial charge in [0.25, 0.3) is 0 Å². The number of hydrogen-bond donors (Lipinski definition) is 1. The number of nitrogens with one attached hydrogen (secondary N) is 1. The van der Waals surface area contributed by atoms with Crippen molar-refractivity contribution in [3.63, 3.8) is 0 Å². The third-order valence-corrected chi connectivity index (χ3v) is 2.95. The molecular formula is C9H13BrN2S. The van der Waals surface area contributed by atoms with E-state index in [2.05, 4.69) is 39.7 Å². The van der Waals surface area contributed by atoms with Crippen LogP contribution in [-0.4, -0.2) is 9.97 Å². The third-order valence-electron chi connectivity index (χ3n) is 1.77. The van der Waals surface area contributed by atoms with Crippen molar-refractivity contribution in [2.24, 2.45) is 5.92 Å². The number of aryl methyl sites for hydroxylation is 1. The van der Waals surface area contributed by atoms with E-state index in [1.54, 1.807) is 6.20 Å². The highest BCUT2D eigenvalue weighted by Crippen LogP contribution is 2.10. The van der Waals surface area contributed by atoms with Crippen LogP contribution in [0.15, 0.2) is 10.7 Å². The first kappa shape index (κ1) is 10.9. The first-order chi connectivity index (χ1) is 6.09. The second-order valence-electron chi connectivity index (χ2n) is 3.44. The average Bonchev–Trinajstić information content (AvgIpc) is 2.07. The Kier molecular flexibility index (Phi) is 4.06. The zero-order valence-electron chi connectivity index (χ0n) is 7.80. The van der Waals surface area contributed by atoms with Gasteiger partial charge in [0.1, 0.15) is 10.5 Å². The van der Waals surface area contributed by atoms with Gasteiger partial charge in [0.2, 0.25) is 0 Å². The Hall–Kier alpha value is -0.220. The Bertz CT molecular complexity index is 333. The van der Waals surface area contributed by atoms with E-state index in [-0.39, 0.29) is 0 Å². The maximum Gasteiger partial charge on any atom is 0.120 e. The van der Waals surface area contributed by atoms with Crippen LogP contribution < -0.4 is 0 Å². The highest BCUT2D eigenvalue weighted by molar-refractivity contribution is 9.10. The number of hydrogen-bond acceptors (Lipinski definition) is 2. The van der Waals surface area contributed by atoms with Crippen LogP contribution in [-0.2, 0) is 6.42 Å². The van der Waals surface area contributed by atoms with Crippen LogP contribution in [0.1, 0.15) is 26.1 Å². The minimum absolute atomic E-state index is 0.701. The van der Waals surface area contributed by atoms with E-state index in [1.165, 1.54) is 0 Å². The summed E-state index contributed by atoms with van der Waals surface area (Å²) in [6.07, 6.45) is 3.86. The van der Waals surface area contributed by atoms with Gasteiger partial charge in [-0.3, -0.25) is 0 Å². The van der Waals surface area contributed by atoms with Crippen LogP contribution in [0.3, 0.4) is 0 Å². The molecule has 0 spiro atoms. The molecule has 1 N–H and O–H groups in total. The molecule has 0 aliphatic heterocycles. The minimum atomic E-state index is 0.701. The lowest BCUT2D eigenvalue weighted by atomic mass is 10.1. The Morgan fingerprint density at radius 1 is 1.62 bits per heavy atom. The summed E-state index contributed by atoms with van der Waals surface area (Å²) < 4.78 is 1.59. The van der Waals surface area contributed by atoms with Gasteiger partial charge in [0, 0.05) is 12.6 Å². The third kappa shape index (κ3) is 3.56. The molecule has 72 valence electrons. The Morgan fingerprint density at radius 2 is 2.31 bits per heavy atom. The molecule has 0 aliphatic carbocycles. The molecule has 2 nitrogen and oxygen atoms in total. The standard InChI is InChI=1S/C9H13BrN2S/c1-6(2)3-4-8-11-5-7(10)9(13)12-8/h5-6H,3-4H2,1-2H3,(H,11,12,13). The fraction of sp³-hybridized carbons (Fsp3) is 0.556. The fourth-order valence-corrected chi connectivity index (χ4v) is 1.34. The first-order valence-corrected chi connectivity index (χ1v) is 5.53. The van der Waals surface area contributed by atoms with Crippen LogP contribution in [0.4, 0.5) is 0 Å². The smallest absolute Gasteiger partial charge is 0.120 e. The first-order valence-electron chi connectivity index (χ1n) is 4.33. The number of aromatic nitrogens is 2. The molecule has 0 atom stereocenters. The number of rotatable bonds is 3. The van der Waals surface area contributed by atoms with Crippen molar-refractivity contribution >= 4 is 28.1 Å². The van der Waals surface area contributed by atoms with Gasteiger partial charge in [-0.25, -0.2) is 4.98 Å². The molecule has 13 heavy (non-hydrogen) atoms. The molecule has 1 rings (SSSR count). The largest absolute Gasteiger partial charge is 0.334 e. The Balaban J connectivity index is 2.69. The summed E-state index contributed by atoms with van der Waals surface area (Å²) in [6, 6.07) is 0. The molecule has 4 heteroatoms. The van der Waals surface area contributed by atoms with E-state index in [0.717, 1.165) is 27.8 Å². The van der Waals surface area contributed by atoms with Crippen molar-refractivity contribution in [3.05, 3.63) is 21.1 Å². The summed E-state index contributed by atoms with van der Waals surface area (Å²) in [5, 5.41) is 0. The SMILES string of the molecule is CC(C)CCc1ncc(Br)c(=S)[nH]1.